The molecule has 0 aromatic rings. The lowest BCUT2D eigenvalue weighted by Gasteiger charge is -2.58. The minimum absolute atomic E-state index is 0.323. The fraction of sp³-hybridized carbons (Fsp3) is 0.875. The molecule has 0 aromatic carbocycles. The van der Waals surface area contributed by atoms with E-state index in [4.69, 9.17) is 0 Å². The van der Waals surface area contributed by atoms with Crippen molar-refractivity contribution in [1.29, 1.82) is 0 Å². The Kier molecular flexibility index (Phi) is 25.7. The Morgan fingerprint density at radius 2 is 1.35 bits per heavy atom. The smallest absolute Gasteiger partial charge is 0.0439 e. The third-order valence-electron chi connectivity index (χ3n) is 19.5. The summed E-state index contributed by atoms with van der Waals surface area (Å²) >= 11 is 0. The minimum Gasteiger partial charge on any atom is -0.383 e. The number of fused-ring (bicyclic) bond motifs is 5. The van der Waals surface area contributed by atoms with E-state index in [9.17, 15) is 0 Å². The molecule has 7 unspecified atom stereocenters. The highest BCUT2D eigenvalue weighted by Gasteiger charge is 2.58. The van der Waals surface area contributed by atoms with E-state index >= 15 is 0 Å². The summed E-state index contributed by atoms with van der Waals surface area (Å²) in [5.74, 6) is 6.31. The molecule has 0 bridgehead atoms. The Morgan fingerprint density at radius 1 is 0.712 bits per heavy atom. The molecule has 1 N–H and O–H groups in total. The van der Waals surface area contributed by atoms with Gasteiger partial charge < -0.3 is 10.2 Å². The summed E-state index contributed by atoms with van der Waals surface area (Å²) in [6.07, 6.45) is 59.6. The van der Waals surface area contributed by atoms with Crippen LogP contribution < -0.4 is 5.32 Å². The van der Waals surface area contributed by atoms with Crippen molar-refractivity contribution in [3.63, 3.8) is 0 Å². The van der Waals surface area contributed by atoms with Gasteiger partial charge in [-0.2, -0.15) is 0 Å². The van der Waals surface area contributed by atoms with Crippen molar-refractivity contribution in [3.8, 4) is 0 Å². The monoisotopic (exact) mass is 911 g/mol. The number of nitrogens with one attached hydrogen (secondary N) is 1. The quantitative estimate of drug-likeness (QED) is 0.0503. The van der Waals surface area contributed by atoms with Gasteiger partial charge in [0.15, 0.2) is 0 Å². The summed E-state index contributed by atoms with van der Waals surface area (Å²) < 4.78 is 0. The predicted octanol–water partition coefficient (Wildman–Crippen LogP) is 19.7. The van der Waals surface area contributed by atoms with Crippen molar-refractivity contribution in [2.75, 3.05) is 19.6 Å². The van der Waals surface area contributed by atoms with Gasteiger partial charge in [-0.05, 0) is 201 Å². The first-order chi connectivity index (χ1) is 32.0. The van der Waals surface area contributed by atoms with Gasteiger partial charge in [-0.15, -0.1) is 0 Å². The fourth-order valence-electron chi connectivity index (χ4n) is 15.1. The van der Waals surface area contributed by atoms with Crippen molar-refractivity contribution in [1.82, 2.24) is 10.2 Å². The highest BCUT2D eigenvalue weighted by Crippen LogP contribution is 2.67. The largest absolute Gasteiger partial charge is 0.383 e. The molecule has 1 heterocycles. The van der Waals surface area contributed by atoms with Crippen molar-refractivity contribution in [3.05, 3.63) is 48.2 Å². The van der Waals surface area contributed by atoms with Gasteiger partial charge in [0.2, 0.25) is 0 Å². The van der Waals surface area contributed by atoms with Crippen LogP contribution in [-0.2, 0) is 0 Å². The third kappa shape index (κ3) is 18.2. The van der Waals surface area contributed by atoms with Crippen LogP contribution in [0.2, 0.25) is 0 Å². The topological polar surface area (TPSA) is 15.3 Å². The minimum atomic E-state index is 0.323. The zero-order valence-electron chi connectivity index (χ0n) is 45.5. The van der Waals surface area contributed by atoms with E-state index in [1.165, 1.54) is 256 Å². The van der Waals surface area contributed by atoms with E-state index in [2.05, 4.69) is 83.1 Å². The summed E-state index contributed by atoms with van der Waals surface area (Å²) in [5, 5.41) is 3.87. The molecule has 380 valence electrons. The molecule has 9 atom stereocenters. The van der Waals surface area contributed by atoms with E-state index < -0.39 is 0 Å². The molecule has 4 fully saturated rings. The molecule has 1 saturated heterocycles. The number of hydrogen-bond donors (Lipinski definition) is 1. The average molecular weight is 912 g/mol. The lowest BCUT2D eigenvalue weighted by Crippen LogP contribution is -2.50. The summed E-state index contributed by atoms with van der Waals surface area (Å²) in [5.41, 5.74) is 5.54. The van der Waals surface area contributed by atoms with Gasteiger partial charge in [0.25, 0.3) is 0 Å². The zero-order valence-corrected chi connectivity index (χ0v) is 45.5. The van der Waals surface area contributed by atoms with E-state index in [1.807, 2.05) is 5.57 Å². The Labute approximate surface area is 413 Å². The molecule has 0 radical (unpaired) electrons. The molecule has 0 aromatic heterocycles. The van der Waals surface area contributed by atoms with Crippen LogP contribution in [0.15, 0.2) is 48.2 Å². The number of allylic oxidation sites excluding steroid dienone is 5. The van der Waals surface area contributed by atoms with Crippen molar-refractivity contribution in [2.24, 2.45) is 52.3 Å². The molecule has 3 saturated carbocycles. The molecular weight excluding hydrogens is 797 g/mol. The van der Waals surface area contributed by atoms with E-state index in [0.717, 1.165) is 54.3 Å². The number of rotatable bonds is 35. The second kappa shape index (κ2) is 30.5. The van der Waals surface area contributed by atoms with E-state index in [-0.39, 0.29) is 0 Å². The Balaban J connectivity index is 0.930. The van der Waals surface area contributed by atoms with Gasteiger partial charge in [0.05, 0.1) is 0 Å². The number of hydrogen-bond acceptors (Lipinski definition) is 2. The van der Waals surface area contributed by atoms with Crippen LogP contribution in [0.3, 0.4) is 0 Å². The second-order valence-corrected chi connectivity index (χ2v) is 25.1. The molecular formula is C64H114N2. The molecule has 66 heavy (non-hydrogen) atoms. The standard InChI is InChI=1S/C64H114N2/c1-9-10-11-12-13-14-15-16-17-18-19-20-21-22-23-24-25-27-36-56(51-66-47-32-26-33-48-66)37-30-29-35-53(4)55(6)65-54(5)49-57-43-45-64(8)59(50-57)39-41-60-61-42-40-58(38-31-28-34-52(2)3)63(61,7)46-44-62(60)64/h16-17,39,52,55-58,60-62,65H,4-5,9-15,18-38,40-51H2,1-3,6-8H3/b17-16-/t55?,56?,57?,58?,60?,61-,62-,63?,64?/m0/s1. The maximum atomic E-state index is 4.63. The first kappa shape index (κ1) is 55.6. The molecule has 0 amide bonds. The summed E-state index contributed by atoms with van der Waals surface area (Å²) in [4.78, 5) is 2.81. The first-order valence-electron chi connectivity index (χ1n) is 30.2. The summed E-state index contributed by atoms with van der Waals surface area (Å²) in [6.45, 7) is 28.2. The maximum Gasteiger partial charge on any atom is 0.0439 e. The highest BCUT2D eigenvalue weighted by molar-refractivity contribution is 5.26. The Morgan fingerprint density at radius 3 is 2.03 bits per heavy atom. The fourth-order valence-corrected chi connectivity index (χ4v) is 15.1. The summed E-state index contributed by atoms with van der Waals surface area (Å²) in [7, 11) is 0. The molecule has 5 aliphatic rings. The molecule has 2 nitrogen and oxygen atoms in total. The normalized spacial score (nSPS) is 28.8. The van der Waals surface area contributed by atoms with Gasteiger partial charge in [-0.25, -0.2) is 0 Å². The van der Waals surface area contributed by atoms with Crippen LogP contribution in [0.1, 0.15) is 279 Å². The van der Waals surface area contributed by atoms with Gasteiger partial charge in [-0.1, -0.05) is 186 Å². The Hall–Kier alpha value is -1.28. The number of piperidine rings is 1. The first-order valence-corrected chi connectivity index (χ1v) is 30.2. The van der Waals surface area contributed by atoms with Crippen molar-refractivity contribution >= 4 is 0 Å². The van der Waals surface area contributed by atoms with Gasteiger partial charge in [0, 0.05) is 18.3 Å². The van der Waals surface area contributed by atoms with E-state index in [0.29, 0.717) is 16.9 Å². The van der Waals surface area contributed by atoms with Crippen molar-refractivity contribution in [2.45, 2.75) is 285 Å². The van der Waals surface area contributed by atoms with Crippen LogP contribution in [0.4, 0.5) is 0 Å². The van der Waals surface area contributed by atoms with E-state index in [1.54, 1.807) is 0 Å². The number of likely N-dealkylation sites (tertiary alicyclic amines) is 1. The lowest BCUT2D eigenvalue weighted by molar-refractivity contribution is -0.0456. The predicted molar refractivity (Wildman–Crippen MR) is 293 cm³/mol. The van der Waals surface area contributed by atoms with Crippen LogP contribution in [-0.4, -0.2) is 30.6 Å². The molecule has 1 aliphatic heterocycles. The highest BCUT2D eigenvalue weighted by atomic mass is 15.1. The van der Waals surface area contributed by atoms with Crippen LogP contribution in [0.5, 0.6) is 0 Å². The lowest BCUT2D eigenvalue weighted by atomic mass is 9.47. The average Bonchev–Trinajstić information content (AvgIpc) is 3.64. The Bertz CT molecular complexity index is 1400. The second-order valence-electron chi connectivity index (χ2n) is 25.1. The number of unbranched alkanes of at least 4 members (excludes halogenated alkanes) is 16. The van der Waals surface area contributed by atoms with Gasteiger partial charge in [-0.3, -0.25) is 0 Å². The van der Waals surface area contributed by atoms with Gasteiger partial charge >= 0.3 is 0 Å². The summed E-state index contributed by atoms with van der Waals surface area (Å²) in [6, 6.07) is 0.323. The number of nitrogens with zero attached hydrogens (tertiary/aromatic N) is 1. The van der Waals surface area contributed by atoms with Gasteiger partial charge in [0.1, 0.15) is 0 Å². The third-order valence-corrected chi connectivity index (χ3v) is 19.5. The molecule has 2 heteroatoms. The SMILES string of the molecule is C=C(CC1CCC2(C)C(=CCC3[C@@H]2CCC2(C)C(CCCCC(C)C)CC[C@@H]32)C1)NC(C)C(=C)CCCCC(CCCCCCCCCC/C=C\CCCCCCCC)CN1CCCCC1. The van der Waals surface area contributed by atoms with Crippen molar-refractivity contribution < 1.29 is 0 Å². The molecule has 4 aliphatic carbocycles. The zero-order chi connectivity index (χ0) is 47.0. The van der Waals surface area contributed by atoms with Crippen LogP contribution in [0.25, 0.3) is 0 Å². The van der Waals surface area contributed by atoms with Crippen LogP contribution in [0, 0.1) is 52.3 Å². The van der Waals surface area contributed by atoms with Crippen LogP contribution >= 0.6 is 0 Å². The molecule has 0 spiro atoms. The molecule has 5 rings (SSSR count). The maximum absolute atomic E-state index is 4.63.